The van der Waals surface area contributed by atoms with Crippen LogP contribution in [0.15, 0.2) is 0 Å². The molecule has 2 unspecified atom stereocenters. The second kappa shape index (κ2) is 7.41. The van der Waals surface area contributed by atoms with E-state index in [4.69, 9.17) is 0 Å². The first kappa shape index (κ1) is 18.6. The number of hydrogen-bond donors (Lipinski definition) is 0. The molecule has 2 rings (SSSR count). The van der Waals surface area contributed by atoms with Gasteiger partial charge in [0, 0.05) is 26.9 Å². The topological polar surface area (TPSA) is 127 Å². The number of nitrogens with zero attached hydrogens (tertiary/aromatic N) is 2. The van der Waals surface area contributed by atoms with Gasteiger partial charge in [-0.15, -0.1) is 0 Å². The van der Waals surface area contributed by atoms with Gasteiger partial charge >= 0.3 is 23.9 Å². The molecule has 2 atom stereocenters. The van der Waals surface area contributed by atoms with E-state index in [0.29, 0.717) is 0 Å². The van der Waals surface area contributed by atoms with Crippen LogP contribution in [0.1, 0.15) is 33.1 Å². The molecule has 2 saturated heterocycles. The summed E-state index contributed by atoms with van der Waals surface area (Å²) in [7, 11) is 0. The van der Waals surface area contributed by atoms with Gasteiger partial charge in [-0.05, 0) is 6.42 Å². The van der Waals surface area contributed by atoms with Crippen LogP contribution >= 0.6 is 0 Å². The number of carbonyl (C=O) groups is 6. The molecular formula is C15H18N2O8. The molecule has 0 aromatic heterocycles. The van der Waals surface area contributed by atoms with Crippen molar-refractivity contribution in [3.63, 3.8) is 0 Å². The van der Waals surface area contributed by atoms with Gasteiger partial charge in [0.15, 0.2) is 0 Å². The van der Waals surface area contributed by atoms with Gasteiger partial charge in [0.2, 0.25) is 11.8 Å². The Hall–Kier alpha value is -2.78. The Morgan fingerprint density at radius 2 is 1.20 bits per heavy atom. The van der Waals surface area contributed by atoms with Gasteiger partial charge in [-0.3, -0.25) is 19.2 Å². The average Bonchev–Trinajstić information content (AvgIpc) is 2.99. The predicted octanol–water partition coefficient (Wildman–Crippen LogP) is -1.24. The van der Waals surface area contributed by atoms with E-state index in [2.05, 4.69) is 9.47 Å². The van der Waals surface area contributed by atoms with Gasteiger partial charge in [-0.2, -0.15) is 0 Å². The summed E-state index contributed by atoms with van der Waals surface area (Å²) >= 11 is 0. The van der Waals surface area contributed by atoms with E-state index in [1.807, 2.05) is 0 Å². The number of ether oxygens (including phenoxy) is 2. The van der Waals surface area contributed by atoms with Crippen LogP contribution < -0.4 is 0 Å². The molecule has 0 aromatic rings. The molecule has 0 aliphatic carbocycles. The highest BCUT2D eigenvalue weighted by Crippen LogP contribution is 2.18. The Balaban J connectivity index is 1.97. The lowest BCUT2D eigenvalue weighted by Gasteiger charge is -2.28. The van der Waals surface area contributed by atoms with Crippen molar-refractivity contribution >= 4 is 35.7 Å². The maximum Gasteiger partial charge on any atom is 0.337 e. The third kappa shape index (κ3) is 4.20. The summed E-state index contributed by atoms with van der Waals surface area (Å²) in [5, 5.41) is 0. The van der Waals surface area contributed by atoms with Crippen molar-refractivity contribution in [1.29, 1.82) is 0 Å². The van der Waals surface area contributed by atoms with Crippen LogP contribution in [0.5, 0.6) is 0 Å². The molecule has 2 amide bonds. The quantitative estimate of drug-likeness (QED) is 0.428. The minimum atomic E-state index is -0.978. The first-order valence-corrected chi connectivity index (χ1v) is 7.74. The fourth-order valence-corrected chi connectivity index (χ4v) is 2.88. The fourth-order valence-electron chi connectivity index (χ4n) is 2.88. The van der Waals surface area contributed by atoms with Crippen molar-refractivity contribution < 1.29 is 38.2 Å². The molecule has 0 radical (unpaired) electrons. The van der Waals surface area contributed by atoms with Crippen LogP contribution in [0.25, 0.3) is 0 Å². The molecule has 136 valence electrons. The molecule has 0 N–H and O–H groups in total. The van der Waals surface area contributed by atoms with Crippen molar-refractivity contribution in [2.45, 2.75) is 45.2 Å². The summed E-state index contributed by atoms with van der Waals surface area (Å²) in [6, 6.07) is -1.96. The Kier molecular flexibility index (Phi) is 5.50. The highest BCUT2D eigenvalue weighted by molar-refractivity contribution is 5.99. The van der Waals surface area contributed by atoms with Gasteiger partial charge in [-0.1, -0.05) is 0 Å². The summed E-state index contributed by atoms with van der Waals surface area (Å²) in [5.74, 6) is -3.79. The number of esters is 4. The molecule has 2 aliphatic rings. The Labute approximate surface area is 143 Å². The predicted molar refractivity (Wildman–Crippen MR) is 78.4 cm³/mol. The largest absolute Gasteiger partial charge is 0.392 e. The summed E-state index contributed by atoms with van der Waals surface area (Å²) < 4.78 is 8.89. The number of hydrogen-bond acceptors (Lipinski definition) is 8. The molecule has 0 bridgehead atoms. The van der Waals surface area contributed by atoms with Gasteiger partial charge < -0.3 is 19.3 Å². The first-order valence-electron chi connectivity index (χ1n) is 7.74. The van der Waals surface area contributed by atoms with E-state index in [1.165, 1.54) is 23.6 Å². The Morgan fingerprint density at radius 1 is 0.840 bits per heavy atom. The lowest BCUT2D eigenvalue weighted by molar-refractivity contribution is -0.155. The monoisotopic (exact) mass is 354 g/mol. The molecule has 2 heterocycles. The van der Waals surface area contributed by atoms with Crippen LogP contribution in [-0.4, -0.2) is 70.7 Å². The van der Waals surface area contributed by atoms with Gasteiger partial charge in [0.25, 0.3) is 0 Å². The zero-order valence-corrected chi connectivity index (χ0v) is 13.9. The summed E-state index contributed by atoms with van der Waals surface area (Å²) in [6.07, 6.45) is -0.175. The summed E-state index contributed by atoms with van der Waals surface area (Å²) in [5.41, 5.74) is 0. The van der Waals surface area contributed by atoms with Gasteiger partial charge in [0.05, 0.1) is 12.8 Å². The smallest absolute Gasteiger partial charge is 0.337 e. The number of amides is 2. The van der Waals surface area contributed by atoms with Crippen LogP contribution in [0, 0.1) is 0 Å². The van der Waals surface area contributed by atoms with E-state index in [9.17, 15) is 28.8 Å². The number of carbonyl (C=O) groups excluding carboxylic acids is 6. The molecule has 0 saturated carbocycles. The Morgan fingerprint density at radius 3 is 1.44 bits per heavy atom. The Bertz CT molecular complexity index is 589. The van der Waals surface area contributed by atoms with E-state index in [1.54, 1.807) is 0 Å². The standard InChI is InChI=1S/C15H18N2O8/c1-8(18)16(10-6-12(20)24-14(10)22)4-3-5-17(9(2)19)11-7-13(21)25-15(11)23/h10-11H,3-7H2,1-2H3. The van der Waals surface area contributed by atoms with Crippen molar-refractivity contribution in [2.75, 3.05) is 13.1 Å². The van der Waals surface area contributed by atoms with E-state index < -0.39 is 47.8 Å². The molecule has 2 aliphatic heterocycles. The number of rotatable bonds is 6. The maximum absolute atomic E-state index is 11.8. The first-order chi connectivity index (χ1) is 11.7. The van der Waals surface area contributed by atoms with Crippen molar-refractivity contribution in [3.05, 3.63) is 0 Å². The number of cyclic esters (lactones) is 4. The van der Waals surface area contributed by atoms with E-state index >= 15 is 0 Å². The lowest BCUT2D eigenvalue weighted by Crippen LogP contribution is -2.46. The van der Waals surface area contributed by atoms with Crippen molar-refractivity contribution in [2.24, 2.45) is 0 Å². The zero-order chi connectivity index (χ0) is 18.7. The SMILES string of the molecule is CC(=O)N(CCCN(C(C)=O)C1CC(=O)OC1=O)C1CC(=O)OC1=O. The molecule has 10 nitrogen and oxygen atoms in total. The average molecular weight is 354 g/mol. The lowest BCUT2D eigenvalue weighted by atomic mass is 10.1. The summed E-state index contributed by atoms with van der Waals surface area (Å²) in [6.45, 7) is 2.68. The second-order valence-electron chi connectivity index (χ2n) is 5.80. The maximum atomic E-state index is 11.8. The van der Waals surface area contributed by atoms with Gasteiger partial charge in [-0.25, -0.2) is 9.59 Å². The molecule has 0 spiro atoms. The van der Waals surface area contributed by atoms with E-state index in [-0.39, 0.29) is 32.4 Å². The molecule has 0 aromatic carbocycles. The molecular weight excluding hydrogens is 336 g/mol. The highest BCUT2D eigenvalue weighted by Gasteiger charge is 2.41. The third-order valence-corrected chi connectivity index (χ3v) is 4.05. The van der Waals surface area contributed by atoms with Crippen molar-refractivity contribution in [3.8, 4) is 0 Å². The molecule has 2 fully saturated rings. The highest BCUT2D eigenvalue weighted by atomic mass is 16.6. The zero-order valence-electron chi connectivity index (χ0n) is 13.9. The fraction of sp³-hybridized carbons (Fsp3) is 0.600. The summed E-state index contributed by atoms with van der Waals surface area (Å²) in [4.78, 5) is 71.5. The third-order valence-electron chi connectivity index (χ3n) is 4.05. The van der Waals surface area contributed by atoms with E-state index in [0.717, 1.165) is 0 Å². The minimum Gasteiger partial charge on any atom is -0.392 e. The van der Waals surface area contributed by atoms with Crippen molar-refractivity contribution in [1.82, 2.24) is 9.80 Å². The normalized spacial score (nSPS) is 22.6. The van der Waals surface area contributed by atoms with Crippen LogP contribution in [0.4, 0.5) is 0 Å². The van der Waals surface area contributed by atoms with Crippen LogP contribution in [0.3, 0.4) is 0 Å². The second-order valence-corrected chi connectivity index (χ2v) is 5.80. The molecule has 25 heavy (non-hydrogen) atoms. The van der Waals surface area contributed by atoms with Crippen LogP contribution in [0.2, 0.25) is 0 Å². The molecule has 10 heteroatoms. The van der Waals surface area contributed by atoms with Gasteiger partial charge in [0.1, 0.15) is 12.1 Å². The van der Waals surface area contributed by atoms with Crippen LogP contribution in [-0.2, 0) is 38.2 Å². The minimum absolute atomic E-state index is 0.0852.